The summed E-state index contributed by atoms with van der Waals surface area (Å²) in [4.78, 5) is 18.7. The number of hydrogen-bond acceptors (Lipinski definition) is 5. The Kier molecular flexibility index (Phi) is 7.75. The van der Waals surface area contributed by atoms with E-state index in [-0.39, 0.29) is 31.0 Å². The van der Waals surface area contributed by atoms with E-state index in [9.17, 15) is 4.79 Å². The summed E-state index contributed by atoms with van der Waals surface area (Å²) < 4.78 is 5.66. The number of carbonyl (C=O) groups is 1. The van der Waals surface area contributed by atoms with Crippen molar-refractivity contribution in [3.05, 3.63) is 18.3 Å². The first-order valence-electron chi connectivity index (χ1n) is 8.64. The van der Waals surface area contributed by atoms with Crippen LogP contribution in [0.15, 0.2) is 18.3 Å². The number of amides is 1. The van der Waals surface area contributed by atoms with Crippen molar-refractivity contribution in [2.75, 3.05) is 43.0 Å². The highest BCUT2D eigenvalue weighted by atomic mass is 35.5. The number of rotatable bonds is 5. The van der Waals surface area contributed by atoms with Crippen LogP contribution in [0, 0.1) is 0 Å². The number of nitrogens with one attached hydrogen (secondary N) is 2. The van der Waals surface area contributed by atoms with Crippen LogP contribution in [0.1, 0.15) is 32.1 Å². The first kappa shape index (κ1) is 19.0. The molecule has 0 unspecified atom stereocenters. The zero-order valence-corrected chi connectivity index (χ0v) is 14.8. The van der Waals surface area contributed by atoms with Gasteiger partial charge in [0.25, 0.3) is 0 Å². The van der Waals surface area contributed by atoms with Crippen molar-refractivity contribution in [2.24, 2.45) is 0 Å². The number of ether oxygens (including phenoxy) is 1. The molecule has 134 valence electrons. The maximum absolute atomic E-state index is 12.0. The molecule has 0 atom stereocenters. The summed E-state index contributed by atoms with van der Waals surface area (Å²) in [5, 5.41) is 6.13. The van der Waals surface area contributed by atoms with Gasteiger partial charge in [0.05, 0.1) is 18.0 Å². The van der Waals surface area contributed by atoms with Crippen LogP contribution in [0.25, 0.3) is 0 Å². The van der Waals surface area contributed by atoms with Crippen molar-refractivity contribution in [2.45, 2.75) is 38.2 Å². The predicted molar refractivity (Wildman–Crippen MR) is 98.0 cm³/mol. The molecule has 1 aromatic rings. The standard InChI is InChI=1S/C17H26N4O2.ClH/c22-17(13-23-15-6-8-18-9-7-15)20-14-4-5-16(19-12-14)21-10-2-1-3-11-21;/h4-5,12,15,18H,1-3,6-11,13H2,(H,20,22);1H. The third-order valence-electron chi connectivity index (χ3n) is 4.45. The number of carbonyl (C=O) groups excluding carboxylic acids is 1. The summed E-state index contributed by atoms with van der Waals surface area (Å²) >= 11 is 0. The van der Waals surface area contributed by atoms with Crippen molar-refractivity contribution in [1.29, 1.82) is 0 Å². The van der Waals surface area contributed by atoms with Crippen LogP contribution in [-0.2, 0) is 9.53 Å². The molecule has 0 radical (unpaired) electrons. The highest BCUT2D eigenvalue weighted by Crippen LogP contribution is 2.19. The molecule has 6 nitrogen and oxygen atoms in total. The number of aromatic nitrogens is 1. The summed E-state index contributed by atoms with van der Waals surface area (Å²) in [6.07, 6.45) is 7.64. The largest absolute Gasteiger partial charge is 0.368 e. The lowest BCUT2D eigenvalue weighted by molar-refractivity contribution is -0.123. The smallest absolute Gasteiger partial charge is 0.250 e. The molecule has 1 aromatic heterocycles. The third-order valence-corrected chi connectivity index (χ3v) is 4.45. The first-order chi connectivity index (χ1) is 11.3. The van der Waals surface area contributed by atoms with Gasteiger partial charge >= 0.3 is 0 Å². The van der Waals surface area contributed by atoms with Gasteiger partial charge in [0.15, 0.2) is 0 Å². The fourth-order valence-electron chi connectivity index (χ4n) is 3.12. The number of hydrogen-bond donors (Lipinski definition) is 2. The lowest BCUT2D eigenvalue weighted by Gasteiger charge is -2.27. The fraction of sp³-hybridized carbons (Fsp3) is 0.647. The van der Waals surface area contributed by atoms with Gasteiger partial charge in [-0.05, 0) is 57.3 Å². The van der Waals surface area contributed by atoms with Crippen molar-refractivity contribution in [1.82, 2.24) is 10.3 Å². The van der Waals surface area contributed by atoms with Gasteiger partial charge < -0.3 is 20.3 Å². The second-order valence-electron chi connectivity index (χ2n) is 6.26. The van der Waals surface area contributed by atoms with Gasteiger partial charge in [-0.15, -0.1) is 12.4 Å². The Balaban J connectivity index is 0.00000208. The second kappa shape index (κ2) is 9.81. The van der Waals surface area contributed by atoms with Crippen molar-refractivity contribution < 1.29 is 9.53 Å². The zero-order valence-electron chi connectivity index (χ0n) is 14.0. The average Bonchev–Trinajstić information content (AvgIpc) is 2.62. The summed E-state index contributed by atoms with van der Waals surface area (Å²) in [7, 11) is 0. The van der Waals surface area contributed by atoms with Crippen LogP contribution in [0.4, 0.5) is 11.5 Å². The van der Waals surface area contributed by atoms with Crippen molar-refractivity contribution in [3.63, 3.8) is 0 Å². The molecule has 2 aliphatic heterocycles. The SMILES string of the molecule is Cl.O=C(COC1CCNCC1)Nc1ccc(N2CCCCC2)nc1. The summed E-state index contributed by atoms with van der Waals surface area (Å²) in [6, 6.07) is 3.90. The predicted octanol–water partition coefficient (Wildman–Crippen LogP) is 2.20. The fourth-order valence-corrected chi connectivity index (χ4v) is 3.12. The van der Waals surface area contributed by atoms with E-state index in [0.29, 0.717) is 0 Å². The number of nitrogens with zero attached hydrogens (tertiary/aromatic N) is 2. The Labute approximate surface area is 149 Å². The third kappa shape index (κ3) is 5.61. The molecule has 0 saturated carbocycles. The maximum atomic E-state index is 12.0. The molecule has 2 saturated heterocycles. The normalized spacial score (nSPS) is 18.8. The Morgan fingerprint density at radius 1 is 1.25 bits per heavy atom. The van der Waals surface area contributed by atoms with E-state index in [2.05, 4.69) is 20.5 Å². The lowest BCUT2D eigenvalue weighted by Crippen LogP contribution is -2.34. The molecule has 3 heterocycles. The molecular formula is C17H27ClN4O2. The van der Waals surface area contributed by atoms with E-state index >= 15 is 0 Å². The van der Waals surface area contributed by atoms with Crippen molar-refractivity contribution in [3.8, 4) is 0 Å². The van der Waals surface area contributed by atoms with Crippen molar-refractivity contribution >= 4 is 29.8 Å². The molecule has 24 heavy (non-hydrogen) atoms. The monoisotopic (exact) mass is 354 g/mol. The summed E-state index contributed by atoms with van der Waals surface area (Å²) in [5.41, 5.74) is 0.727. The molecule has 2 fully saturated rings. The molecule has 0 spiro atoms. The van der Waals surface area contributed by atoms with Crippen LogP contribution in [0.2, 0.25) is 0 Å². The topological polar surface area (TPSA) is 66.5 Å². The van der Waals surface area contributed by atoms with Gasteiger partial charge in [0.1, 0.15) is 12.4 Å². The van der Waals surface area contributed by atoms with Crippen LogP contribution in [0.3, 0.4) is 0 Å². The van der Waals surface area contributed by atoms with Gasteiger partial charge in [0.2, 0.25) is 5.91 Å². The molecule has 0 aromatic carbocycles. The van der Waals surface area contributed by atoms with E-state index in [4.69, 9.17) is 4.74 Å². The molecule has 0 bridgehead atoms. The van der Waals surface area contributed by atoms with Gasteiger partial charge in [-0.2, -0.15) is 0 Å². The second-order valence-corrected chi connectivity index (χ2v) is 6.26. The Hall–Kier alpha value is -1.37. The highest BCUT2D eigenvalue weighted by Gasteiger charge is 2.15. The van der Waals surface area contributed by atoms with E-state index in [1.54, 1.807) is 6.20 Å². The van der Waals surface area contributed by atoms with Gasteiger partial charge in [-0.25, -0.2) is 4.98 Å². The molecule has 1 amide bonds. The Bertz CT molecular complexity index is 500. The molecule has 3 rings (SSSR count). The van der Waals surface area contributed by atoms with E-state index in [0.717, 1.165) is 50.5 Å². The number of piperidine rings is 2. The van der Waals surface area contributed by atoms with Gasteiger partial charge in [-0.1, -0.05) is 0 Å². The van der Waals surface area contributed by atoms with E-state index < -0.39 is 0 Å². The molecule has 2 aliphatic rings. The molecule has 7 heteroatoms. The van der Waals surface area contributed by atoms with Crippen LogP contribution in [-0.4, -0.2) is 49.8 Å². The van der Waals surface area contributed by atoms with Gasteiger partial charge in [-0.3, -0.25) is 4.79 Å². The minimum absolute atomic E-state index is 0. The summed E-state index contributed by atoms with van der Waals surface area (Å²) in [6.45, 7) is 4.19. The number of pyridine rings is 1. The first-order valence-corrected chi connectivity index (χ1v) is 8.64. The van der Waals surface area contributed by atoms with E-state index in [1.165, 1.54) is 19.3 Å². The minimum Gasteiger partial charge on any atom is -0.368 e. The zero-order chi connectivity index (χ0) is 15.9. The van der Waals surface area contributed by atoms with Crippen LogP contribution >= 0.6 is 12.4 Å². The average molecular weight is 355 g/mol. The number of anilines is 2. The lowest BCUT2D eigenvalue weighted by atomic mass is 10.1. The van der Waals surface area contributed by atoms with Crippen LogP contribution < -0.4 is 15.5 Å². The quantitative estimate of drug-likeness (QED) is 0.848. The summed E-state index contributed by atoms with van der Waals surface area (Å²) in [5.74, 6) is 0.879. The number of halogens is 1. The highest BCUT2D eigenvalue weighted by molar-refractivity contribution is 5.91. The molecule has 0 aliphatic carbocycles. The molecular weight excluding hydrogens is 328 g/mol. The molecule has 2 N–H and O–H groups in total. The Morgan fingerprint density at radius 3 is 2.67 bits per heavy atom. The maximum Gasteiger partial charge on any atom is 0.250 e. The van der Waals surface area contributed by atoms with E-state index in [1.807, 2.05) is 12.1 Å². The minimum atomic E-state index is -0.115. The Morgan fingerprint density at radius 2 is 2.00 bits per heavy atom. The van der Waals surface area contributed by atoms with Crippen LogP contribution in [0.5, 0.6) is 0 Å². The van der Waals surface area contributed by atoms with Gasteiger partial charge in [0, 0.05) is 13.1 Å².